The largest absolute Gasteiger partial charge is 2.00 e. The third kappa shape index (κ3) is 47.9. The first-order valence-corrected chi connectivity index (χ1v) is 20.7. The van der Waals surface area contributed by atoms with Gasteiger partial charge in [-0.3, -0.25) is 28.8 Å². The van der Waals surface area contributed by atoms with Crippen LogP contribution < -0.4 is 21.3 Å². The third-order valence-corrected chi connectivity index (χ3v) is 9.26. The van der Waals surface area contributed by atoms with E-state index in [1.165, 1.54) is 0 Å². The molecular formula is C42H76N6O11V2. The molecule has 19 heteroatoms. The molecule has 0 aliphatic carbocycles. The molecule has 17 nitrogen and oxygen atoms in total. The Labute approximate surface area is 389 Å². The predicted molar refractivity (Wildman–Crippen MR) is 227 cm³/mol. The molecule has 0 heterocycles. The number of amides is 4. The number of carbonyl (C=O) groups excluding carboxylic acids is 7. The minimum absolute atomic E-state index is 0. The van der Waals surface area contributed by atoms with Gasteiger partial charge in [-0.15, -0.1) is 0 Å². The van der Waals surface area contributed by atoms with E-state index in [0.717, 1.165) is 44.9 Å². The fourth-order valence-corrected chi connectivity index (χ4v) is 5.96. The average Bonchev–Trinajstić information content (AvgIpc) is 3.15. The summed E-state index contributed by atoms with van der Waals surface area (Å²) in [5.41, 5.74) is 14.5. The topological polar surface area (TPSA) is 290 Å². The van der Waals surface area contributed by atoms with Crippen molar-refractivity contribution in [1.29, 1.82) is 0 Å². The van der Waals surface area contributed by atoms with Gasteiger partial charge in [-0.05, 0) is 71.1 Å². The van der Waals surface area contributed by atoms with Crippen LogP contribution in [0, 0.1) is 20.8 Å². The zero-order chi connectivity index (χ0) is 43.1. The van der Waals surface area contributed by atoms with Crippen molar-refractivity contribution in [3.8, 4) is 0 Å². The fraction of sp³-hybridized carbons (Fsp3) is 0.762. The van der Waals surface area contributed by atoms with Crippen LogP contribution in [0.1, 0.15) is 161 Å². The smallest absolute Gasteiger partial charge is 0.677 e. The standard InChI is InChI=1S/C39H70N6O9.CO2.2CH3.2V/c1-30(23-24-37(50)51)44-39(54)43-28-16-6-15-27-42-35(48)21-10-3-2-8-18-32(46)29-31(38(52)53)17-7-4-9-20-34(47)33(19-12-14-26-41)45-36(49)22-11-5-13-25-40;2-1-3;;;;/h30-31,33,40-41H,2-29H2,1H3,(H,42,48)(H,45,49)(H,50,51)(H,52,53)(H2,43,44,54);;2*1H3;;/q-2;;2*-1;2*+2/t30-,31?,33?;;;;;/m1...../s1. The predicted octanol–water partition coefficient (Wildman–Crippen LogP) is 6.98. The Morgan fingerprint density at radius 3 is 1.61 bits per heavy atom. The number of carboxylic acids is 2. The van der Waals surface area contributed by atoms with Gasteiger partial charge in [0.15, 0.2) is 5.78 Å². The van der Waals surface area contributed by atoms with Crippen molar-refractivity contribution < 1.29 is 90.5 Å². The normalized spacial score (nSPS) is 11.3. The van der Waals surface area contributed by atoms with Crippen LogP contribution in [0.15, 0.2) is 0 Å². The van der Waals surface area contributed by atoms with E-state index < -0.39 is 23.9 Å². The van der Waals surface area contributed by atoms with E-state index in [1.807, 2.05) is 0 Å². The van der Waals surface area contributed by atoms with Crippen LogP contribution in [0.2, 0.25) is 0 Å². The molecule has 0 aliphatic heterocycles. The zero-order valence-electron chi connectivity index (χ0n) is 37.0. The first-order valence-electron chi connectivity index (χ1n) is 20.7. The van der Waals surface area contributed by atoms with E-state index in [9.17, 15) is 38.7 Å². The van der Waals surface area contributed by atoms with Crippen molar-refractivity contribution in [2.45, 2.75) is 173 Å². The molecule has 61 heavy (non-hydrogen) atoms. The molecule has 0 bridgehead atoms. The molecular weight excluding hydrogens is 866 g/mol. The van der Waals surface area contributed by atoms with Gasteiger partial charge in [0.05, 0.1) is 12.0 Å². The molecule has 3 atom stereocenters. The quantitative estimate of drug-likeness (QED) is 0.0273. The number of carbonyl (C=O) groups is 7. The van der Waals surface area contributed by atoms with Gasteiger partial charge < -0.3 is 57.8 Å². The number of hydrogen-bond donors (Lipinski definition) is 6. The minimum atomic E-state index is -0.995. The van der Waals surface area contributed by atoms with E-state index in [2.05, 4.69) is 21.3 Å². The SMILES string of the molecule is C[C@H](CCC(=O)O)NC(=O)NCCCCCNC(=O)CCCCCCC(=O)CC(CCCCCC(=O)C(CCCC[NH-])NC(=O)CCCCC[NH-])C(=O)O.O=C=O.[CH3-].[CH3-].[V+2].[V+2]. The Balaban J connectivity index is -0.00000105. The Bertz CT molecular complexity index is 1190. The van der Waals surface area contributed by atoms with E-state index in [-0.39, 0.29) is 119 Å². The molecule has 0 rings (SSSR count). The van der Waals surface area contributed by atoms with Crippen molar-refractivity contribution in [1.82, 2.24) is 21.3 Å². The second-order valence-corrected chi connectivity index (χ2v) is 14.4. The number of aliphatic carboxylic acids is 2. The van der Waals surface area contributed by atoms with Crippen LogP contribution in [0.5, 0.6) is 0 Å². The van der Waals surface area contributed by atoms with E-state index in [1.54, 1.807) is 6.92 Å². The number of unbranched alkanes of at least 4 members (excludes halogenated alkanes) is 10. The first-order chi connectivity index (χ1) is 27.3. The summed E-state index contributed by atoms with van der Waals surface area (Å²) in [6.07, 6.45) is 13.5. The van der Waals surface area contributed by atoms with Crippen LogP contribution in [0.4, 0.5) is 4.79 Å². The molecule has 0 aromatic heterocycles. The number of carboxylic acid groups (broad SMARTS) is 2. The number of ketones is 2. The third-order valence-electron chi connectivity index (χ3n) is 9.26. The molecule has 0 saturated heterocycles. The molecule has 4 amide bonds. The summed E-state index contributed by atoms with van der Waals surface area (Å²) in [6.45, 7) is 3.40. The van der Waals surface area contributed by atoms with Crippen LogP contribution in [0.25, 0.3) is 11.5 Å². The van der Waals surface area contributed by atoms with Crippen LogP contribution in [-0.2, 0) is 75.5 Å². The molecule has 2 radical (unpaired) electrons. The van der Waals surface area contributed by atoms with Gasteiger partial charge in [-0.25, -0.2) is 4.79 Å². The summed E-state index contributed by atoms with van der Waals surface area (Å²) in [4.78, 5) is 100. The van der Waals surface area contributed by atoms with E-state index in [4.69, 9.17) is 26.2 Å². The summed E-state index contributed by atoms with van der Waals surface area (Å²) in [6, 6.07) is -1.12. The Kier molecular flexibility index (Phi) is 56.6. The van der Waals surface area contributed by atoms with Gasteiger partial charge in [-0.1, -0.05) is 51.4 Å². The molecule has 350 valence electrons. The summed E-state index contributed by atoms with van der Waals surface area (Å²) in [7, 11) is 0. The average molecular weight is 943 g/mol. The maximum atomic E-state index is 12.9. The van der Waals surface area contributed by atoms with E-state index in [0.29, 0.717) is 110 Å². The Morgan fingerprint density at radius 1 is 0.557 bits per heavy atom. The molecule has 0 aliphatic rings. The van der Waals surface area contributed by atoms with Crippen LogP contribution in [-0.4, -0.2) is 96.0 Å². The Hall–Kier alpha value is -3.04. The Morgan fingerprint density at radius 2 is 1.03 bits per heavy atom. The fourth-order valence-electron chi connectivity index (χ4n) is 5.96. The van der Waals surface area contributed by atoms with Crippen molar-refractivity contribution in [3.63, 3.8) is 0 Å². The molecule has 8 N–H and O–H groups in total. The maximum Gasteiger partial charge on any atom is 2.00 e. The van der Waals surface area contributed by atoms with Crippen molar-refractivity contribution >= 4 is 47.5 Å². The second kappa shape index (κ2) is 49.6. The summed E-state index contributed by atoms with van der Waals surface area (Å²) < 4.78 is 0. The summed E-state index contributed by atoms with van der Waals surface area (Å²) >= 11 is 0. The molecule has 0 saturated carbocycles. The summed E-state index contributed by atoms with van der Waals surface area (Å²) in [5.74, 6) is -2.97. The number of urea groups is 1. The molecule has 0 spiro atoms. The number of rotatable bonds is 37. The second-order valence-electron chi connectivity index (χ2n) is 14.4. The van der Waals surface area contributed by atoms with E-state index >= 15 is 0 Å². The van der Waals surface area contributed by atoms with Gasteiger partial charge in [0.1, 0.15) is 5.78 Å². The molecule has 0 aromatic rings. The van der Waals surface area contributed by atoms with Gasteiger partial charge >= 0.3 is 61.2 Å². The van der Waals surface area contributed by atoms with Gasteiger partial charge in [0.2, 0.25) is 11.8 Å². The van der Waals surface area contributed by atoms with Gasteiger partial charge in [-0.2, -0.15) is 22.7 Å². The maximum absolute atomic E-state index is 12.9. The van der Waals surface area contributed by atoms with Crippen LogP contribution >= 0.6 is 0 Å². The molecule has 0 fully saturated rings. The first kappa shape index (κ1) is 69.7. The van der Waals surface area contributed by atoms with Crippen LogP contribution in [0.3, 0.4) is 0 Å². The minimum Gasteiger partial charge on any atom is -0.677 e. The van der Waals surface area contributed by atoms with Crippen molar-refractivity contribution in [2.75, 3.05) is 26.2 Å². The number of nitrogens with one attached hydrogen (secondary N) is 6. The van der Waals surface area contributed by atoms with Gasteiger partial charge in [0, 0.05) is 57.7 Å². The monoisotopic (exact) mass is 942 g/mol. The molecule has 2 unspecified atom stereocenters. The van der Waals surface area contributed by atoms with Crippen molar-refractivity contribution in [3.05, 3.63) is 26.3 Å². The van der Waals surface area contributed by atoms with Gasteiger partial charge in [0.25, 0.3) is 0 Å². The zero-order valence-corrected chi connectivity index (χ0v) is 39.8. The molecule has 0 aromatic carbocycles. The van der Waals surface area contributed by atoms with Crippen molar-refractivity contribution in [2.24, 2.45) is 5.92 Å². The number of hydrogen-bond acceptors (Lipinski definition) is 9. The summed E-state index contributed by atoms with van der Waals surface area (Å²) in [5, 5.41) is 29.6. The number of Topliss-reactive ketones (excluding diaryl/α,β-unsaturated/α-hetero) is 2.